The van der Waals surface area contributed by atoms with Crippen molar-refractivity contribution in [2.45, 2.75) is 5.92 Å². The lowest BCUT2D eigenvalue weighted by Crippen LogP contribution is -2.27. The molecule has 0 saturated heterocycles. The number of rotatable bonds is 9. The standard InChI is InChI=1S/C103H63N5/c1-7-25-63(26-8-1)69-45-51-89-81(57-69)82-58-70(64-27-9-2-10-28-64)46-52-90(82)104(89)101-99-96-95(79-41-23-39-77-75-37-19-21-43-87(75)107(99)97(77)79)80-42-24-40-78-76-38-20-22-44-88(76)108(98(78)80)100(96)102(105-91-53-47-71(65-29-11-3-12-30-65)59-83(91)84-60-72(48-54-92(84)105)66-31-13-4-14-32-66)103(101)106-93-55-49-73(67-33-15-5-16-34-67)61-85(93)86-62-74(50-56-94(86)106)68-35-17-6-18-36-68/h1-62,95H. The van der Waals surface area contributed by atoms with Crippen molar-refractivity contribution < 1.29 is 0 Å². The fourth-order valence-corrected chi connectivity index (χ4v) is 19.2. The summed E-state index contributed by atoms with van der Waals surface area (Å²) >= 11 is 0. The van der Waals surface area contributed by atoms with Crippen LogP contribution in [0, 0.1) is 0 Å². The summed E-state index contributed by atoms with van der Waals surface area (Å²) in [5, 5.41) is 11.9. The van der Waals surface area contributed by atoms with Gasteiger partial charge in [-0.1, -0.05) is 291 Å². The van der Waals surface area contributed by atoms with Crippen molar-refractivity contribution in [3.05, 3.63) is 393 Å². The largest absolute Gasteiger partial charge is 0.306 e. The van der Waals surface area contributed by atoms with E-state index in [4.69, 9.17) is 0 Å². The van der Waals surface area contributed by atoms with E-state index in [0.717, 1.165) is 117 Å². The fraction of sp³-hybridized carbons (Fsp3) is 0.00971. The first-order valence-electron chi connectivity index (χ1n) is 37.5. The Bertz CT molecular complexity index is 6920. The highest BCUT2D eigenvalue weighted by Gasteiger charge is 2.45. The molecule has 0 unspecified atom stereocenters. The van der Waals surface area contributed by atoms with E-state index in [2.05, 4.69) is 399 Å². The summed E-state index contributed by atoms with van der Waals surface area (Å²) in [4.78, 5) is 0. The van der Waals surface area contributed by atoms with Gasteiger partial charge in [0, 0.05) is 65.3 Å². The van der Waals surface area contributed by atoms with Crippen LogP contribution >= 0.6 is 0 Å². The lowest BCUT2D eigenvalue weighted by Gasteiger charge is -2.39. The van der Waals surface area contributed by atoms with Crippen LogP contribution in [0.3, 0.4) is 0 Å². The van der Waals surface area contributed by atoms with Crippen LogP contribution in [0.4, 0.5) is 0 Å². The van der Waals surface area contributed by atoms with Crippen molar-refractivity contribution in [2.75, 3.05) is 0 Å². The molecule has 500 valence electrons. The average molecular weight is 1370 g/mol. The highest BCUT2D eigenvalue weighted by molar-refractivity contribution is 6.21. The number of hydrogen-bond acceptors (Lipinski definition) is 0. The Hall–Kier alpha value is -14.3. The maximum absolute atomic E-state index is 2.72. The van der Waals surface area contributed by atoms with E-state index in [-0.39, 0.29) is 5.92 Å². The molecule has 24 rings (SSSR count). The van der Waals surface area contributed by atoms with E-state index in [9.17, 15) is 0 Å². The molecule has 0 spiro atoms. The molecule has 7 heterocycles. The van der Waals surface area contributed by atoms with Crippen molar-refractivity contribution in [1.29, 1.82) is 0 Å². The SMILES string of the molecule is c1ccc(-c2ccc3c(c2)c2cc(-c4ccccc4)ccc2n3-c2c(-n3c4ccc(-c5ccccc5)cc4c4cc(-c5ccccc5)ccc43)c3c4c(c2-n2c5ccc(-c6ccccc6)cc5c5cc(-c6ccccc6)ccc52)-n2c5ccccc5c5cccc(c52)C4c2cccc4c5ccccc5n-3c24)cc1. The number of para-hydroxylation sites is 4. The summed E-state index contributed by atoms with van der Waals surface area (Å²) in [6, 6.07) is 142. The first-order valence-corrected chi connectivity index (χ1v) is 37.5. The fourth-order valence-electron chi connectivity index (χ4n) is 19.2. The van der Waals surface area contributed by atoms with Crippen LogP contribution in [0.15, 0.2) is 376 Å². The van der Waals surface area contributed by atoms with Crippen molar-refractivity contribution in [1.82, 2.24) is 22.8 Å². The number of nitrogens with zero attached hydrogens (tertiary/aromatic N) is 5. The smallest absolute Gasteiger partial charge is 0.0990 e. The quantitative estimate of drug-likeness (QED) is 0.138. The Kier molecular flexibility index (Phi) is 12.4. The molecule has 0 fully saturated rings. The van der Waals surface area contributed by atoms with Crippen molar-refractivity contribution in [2.24, 2.45) is 0 Å². The molecule has 2 aliphatic heterocycles. The normalized spacial score (nSPS) is 12.6. The van der Waals surface area contributed by atoms with Gasteiger partial charge in [0.2, 0.25) is 0 Å². The molecule has 17 aromatic carbocycles. The second kappa shape index (κ2) is 22.6. The van der Waals surface area contributed by atoms with E-state index >= 15 is 0 Å². The third-order valence-electron chi connectivity index (χ3n) is 23.8. The van der Waals surface area contributed by atoms with Crippen LogP contribution in [-0.4, -0.2) is 22.8 Å². The first kappa shape index (κ1) is 59.2. The van der Waals surface area contributed by atoms with Gasteiger partial charge in [0.1, 0.15) is 0 Å². The van der Waals surface area contributed by atoms with Crippen molar-refractivity contribution >= 4 is 109 Å². The molecular weight excluding hydrogens is 1310 g/mol. The second-order valence-electron chi connectivity index (χ2n) is 29.4. The third kappa shape index (κ3) is 8.30. The molecule has 5 heteroatoms. The van der Waals surface area contributed by atoms with Crippen LogP contribution in [-0.2, 0) is 0 Å². The summed E-state index contributed by atoms with van der Waals surface area (Å²) in [5.74, 6) is -0.243. The van der Waals surface area contributed by atoms with E-state index in [1.165, 1.54) is 104 Å². The minimum absolute atomic E-state index is 0.243. The van der Waals surface area contributed by atoms with Gasteiger partial charge in [-0.05, 0) is 163 Å². The Balaban J connectivity index is 0.996. The Morgan fingerprint density at radius 3 is 0.639 bits per heavy atom. The topological polar surface area (TPSA) is 24.6 Å². The molecule has 0 N–H and O–H groups in total. The molecule has 0 atom stereocenters. The summed E-state index contributed by atoms with van der Waals surface area (Å²) < 4.78 is 13.6. The summed E-state index contributed by atoms with van der Waals surface area (Å²) in [7, 11) is 0. The average Bonchev–Trinajstić information content (AvgIpc) is 1.43. The predicted octanol–water partition coefficient (Wildman–Crippen LogP) is 27.0. The van der Waals surface area contributed by atoms with E-state index in [1.54, 1.807) is 0 Å². The molecule has 0 bridgehead atoms. The summed E-state index contributed by atoms with van der Waals surface area (Å²) in [6.07, 6.45) is 0. The molecule has 0 saturated carbocycles. The molecule has 22 aromatic rings. The van der Waals surface area contributed by atoms with Crippen LogP contribution < -0.4 is 0 Å². The summed E-state index contributed by atoms with van der Waals surface area (Å²) in [5.41, 5.74) is 34.6. The molecular formula is C103H63N5. The van der Waals surface area contributed by atoms with Gasteiger partial charge < -0.3 is 22.8 Å². The van der Waals surface area contributed by atoms with E-state index in [1.807, 2.05) is 0 Å². The van der Waals surface area contributed by atoms with Crippen LogP contribution in [0.5, 0.6) is 0 Å². The molecule has 0 radical (unpaired) electrons. The number of aromatic nitrogens is 5. The van der Waals surface area contributed by atoms with E-state index in [0.29, 0.717) is 0 Å². The Labute approximate surface area is 621 Å². The molecule has 0 aliphatic carbocycles. The molecule has 108 heavy (non-hydrogen) atoms. The van der Waals surface area contributed by atoms with Gasteiger partial charge in [0.25, 0.3) is 0 Å². The van der Waals surface area contributed by atoms with Gasteiger partial charge in [-0.2, -0.15) is 0 Å². The molecule has 0 amide bonds. The number of fused-ring (bicyclic) bond motifs is 19. The Morgan fingerprint density at radius 1 is 0.148 bits per heavy atom. The number of benzene rings is 17. The number of hydrogen-bond donors (Lipinski definition) is 0. The zero-order valence-electron chi connectivity index (χ0n) is 58.6. The van der Waals surface area contributed by atoms with Gasteiger partial charge >= 0.3 is 0 Å². The highest BCUT2D eigenvalue weighted by Crippen LogP contribution is 2.61. The minimum Gasteiger partial charge on any atom is -0.306 e. The molecule has 5 nitrogen and oxygen atoms in total. The second-order valence-corrected chi connectivity index (χ2v) is 29.4. The van der Waals surface area contributed by atoms with Crippen molar-refractivity contribution in [3.8, 4) is 95.2 Å². The summed E-state index contributed by atoms with van der Waals surface area (Å²) in [6.45, 7) is 0. The Morgan fingerprint density at radius 2 is 0.370 bits per heavy atom. The van der Waals surface area contributed by atoms with Gasteiger partial charge in [0.15, 0.2) is 0 Å². The van der Waals surface area contributed by atoms with Gasteiger partial charge in [-0.15, -0.1) is 0 Å². The van der Waals surface area contributed by atoms with Gasteiger partial charge in [0.05, 0.1) is 83.6 Å². The predicted molar refractivity (Wildman–Crippen MR) is 452 cm³/mol. The third-order valence-corrected chi connectivity index (χ3v) is 23.8. The zero-order chi connectivity index (χ0) is 70.4. The van der Waals surface area contributed by atoms with Crippen LogP contribution in [0.25, 0.3) is 204 Å². The first-order chi connectivity index (χ1) is 53.6. The highest BCUT2D eigenvalue weighted by atomic mass is 15.2. The maximum Gasteiger partial charge on any atom is 0.0990 e. The minimum atomic E-state index is -0.243. The molecule has 5 aromatic heterocycles. The molecule has 2 aliphatic rings. The van der Waals surface area contributed by atoms with Gasteiger partial charge in [-0.3, -0.25) is 0 Å². The monoisotopic (exact) mass is 1370 g/mol. The van der Waals surface area contributed by atoms with E-state index < -0.39 is 0 Å². The zero-order valence-corrected chi connectivity index (χ0v) is 58.6. The van der Waals surface area contributed by atoms with Gasteiger partial charge in [-0.25, -0.2) is 0 Å². The lowest BCUT2D eigenvalue weighted by molar-refractivity contribution is 0.863. The lowest BCUT2D eigenvalue weighted by atomic mass is 9.77. The van der Waals surface area contributed by atoms with Crippen LogP contribution in [0.1, 0.15) is 22.6 Å². The van der Waals surface area contributed by atoms with Crippen molar-refractivity contribution in [3.63, 3.8) is 0 Å². The maximum atomic E-state index is 2.72. The van der Waals surface area contributed by atoms with Crippen LogP contribution in [0.2, 0.25) is 0 Å².